The van der Waals surface area contributed by atoms with E-state index in [1.54, 1.807) is 0 Å². The molecular weight excluding hydrogens is 148 g/mol. The molecule has 0 radical (unpaired) electrons. The lowest BCUT2D eigenvalue weighted by Gasteiger charge is -2.22. The molecule has 0 aliphatic carbocycles. The van der Waals surface area contributed by atoms with Crippen molar-refractivity contribution in [2.45, 2.75) is 18.2 Å². The first kappa shape index (κ1) is 6.47. The zero-order valence-electron chi connectivity index (χ0n) is 5.89. The second kappa shape index (κ2) is 2.42. The van der Waals surface area contributed by atoms with Gasteiger partial charge in [-0.3, -0.25) is 4.99 Å². The zero-order chi connectivity index (χ0) is 6.97. The first-order valence-corrected chi connectivity index (χ1v) is 4.25. The first-order chi connectivity index (χ1) is 4.88. The normalized spacial score (nSPS) is 31.9. The number of amidine groups is 1. The summed E-state index contributed by atoms with van der Waals surface area (Å²) < 4.78 is 0. The van der Waals surface area contributed by atoms with Crippen molar-refractivity contribution in [1.29, 1.82) is 0 Å². The summed E-state index contributed by atoms with van der Waals surface area (Å²) in [6, 6.07) is 0. The third-order valence-corrected chi connectivity index (χ3v) is 2.53. The molecule has 0 aromatic heterocycles. The Balaban J connectivity index is 2.19. The fourth-order valence-electron chi connectivity index (χ4n) is 1.59. The highest BCUT2D eigenvalue weighted by Gasteiger charge is 2.28. The van der Waals surface area contributed by atoms with Crippen molar-refractivity contribution in [2.24, 2.45) is 4.99 Å². The predicted molar refractivity (Wildman–Crippen MR) is 42.8 cm³/mol. The number of fused-ring (bicyclic) bond motifs is 1. The first-order valence-electron chi connectivity index (χ1n) is 3.81. The van der Waals surface area contributed by atoms with E-state index in [0.717, 1.165) is 25.3 Å². The molecule has 2 aliphatic rings. The summed E-state index contributed by atoms with van der Waals surface area (Å²) in [7, 11) is 0. The van der Waals surface area contributed by atoms with Gasteiger partial charge in [0.05, 0.1) is 5.38 Å². The van der Waals surface area contributed by atoms with Gasteiger partial charge < -0.3 is 4.90 Å². The Hall–Kier alpha value is -0.240. The maximum absolute atomic E-state index is 6.01. The Labute approximate surface area is 65.9 Å². The molecule has 2 rings (SSSR count). The molecular formula is C7H11ClN2. The summed E-state index contributed by atoms with van der Waals surface area (Å²) in [6.07, 6.45) is 2.29. The van der Waals surface area contributed by atoms with Crippen molar-refractivity contribution in [2.75, 3.05) is 19.6 Å². The third-order valence-electron chi connectivity index (χ3n) is 2.12. The van der Waals surface area contributed by atoms with Crippen molar-refractivity contribution in [1.82, 2.24) is 4.90 Å². The van der Waals surface area contributed by atoms with Crippen molar-refractivity contribution in [3.8, 4) is 0 Å². The van der Waals surface area contributed by atoms with Crippen LogP contribution in [0.2, 0.25) is 0 Å². The lowest BCUT2D eigenvalue weighted by Crippen LogP contribution is -2.32. The molecule has 0 amide bonds. The molecule has 1 saturated heterocycles. The van der Waals surface area contributed by atoms with Crippen molar-refractivity contribution >= 4 is 17.4 Å². The number of halogens is 1. The minimum Gasteiger partial charge on any atom is -0.359 e. The van der Waals surface area contributed by atoms with Crippen LogP contribution in [-0.2, 0) is 0 Å². The van der Waals surface area contributed by atoms with Gasteiger partial charge in [-0.15, -0.1) is 11.6 Å². The van der Waals surface area contributed by atoms with Crippen LogP contribution in [0.3, 0.4) is 0 Å². The molecule has 0 aromatic carbocycles. The Morgan fingerprint density at radius 1 is 1.50 bits per heavy atom. The smallest absolute Gasteiger partial charge is 0.117 e. The molecule has 0 aromatic rings. The number of alkyl halides is 1. The number of rotatable bonds is 0. The SMILES string of the molecule is ClC1CCN2CCCN=C12. The van der Waals surface area contributed by atoms with Crippen molar-refractivity contribution in [3.05, 3.63) is 0 Å². The van der Waals surface area contributed by atoms with Crippen LogP contribution in [0.5, 0.6) is 0 Å². The lowest BCUT2D eigenvalue weighted by molar-refractivity contribution is 0.427. The highest BCUT2D eigenvalue weighted by Crippen LogP contribution is 2.20. The Morgan fingerprint density at radius 2 is 2.40 bits per heavy atom. The summed E-state index contributed by atoms with van der Waals surface area (Å²) in [5, 5.41) is 0.209. The average molecular weight is 159 g/mol. The summed E-state index contributed by atoms with van der Waals surface area (Å²) in [5.74, 6) is 1.15. The maximum atomic E-state index is 6.01. The molecule has 0 N–H and O–H groups in total. The lowest BCUT2D eigenvalue weighted by atomic mass is 10.3. The van der Waals surface area contributed by atoms with Crippen LogP contribution in [-0.4, -0.2) is 35.7 Å². The predicted octanol–water partition coefficient (Wildman–Crippen LogP) is 1.10. The Kier molecular flexibility index (Phi) is 1.57. The van der Waals surface area contributed by atoms with Crippen LogP contribution < -0.4 is 0 Å². The van der Waals surface area contributed by atoms with Crippen LogP contribution in [0, 0.1) is 0 Å². The number of nitrogens with zero attached hydrogens (tertiary/aromatic N) is 2. The van der Waals surface area contributed by atoms with Gasteiger partial charge in [0.1, 0.15) is 5.84 Å². The maximum Gasteiger partial charge on any atom is 0.117 e. The number of aliphatic imine (C=N–C) groups is 1. The fraction of sp³-hybridized carbons (Fsp3) is 0.857. The second-order valence-electron chi connectivity index (χ2n) is 2.84. The molecule has 10 heavy (non-hydrogen) atoms. The van der Waals surface area contributed by atoms with Crippen molar-refractivity contribution in [3.63, 3.8) is 0 Å². The van der Waals surface area contributed by atoms with Gasteiger partial charge in [0.15, 0.2) is 0 Å². The van der Waals surface area contributed by atoms with E-state index in [1.165, 1.54) is 13.0 Å². The Morgan fingerprint density at radius 3 is 3.20 bits per heavy atom. The quantitative estimate of drug-likeness (QED) is 0.482. The molecule has 2 aliphatic heterocycles. The molecule has 1 fully saturated rings. The van der Waals surface area contributed by atoms with E-state index in [9.17, 15) is 0 Å². The molecule has 0 saturated carbocycles. The van der Waals surface area contributed by atoms with E-state index in [2.05, 4.69) is 9.89 Å². The van der Waals surface area contributed by atoms with E-state index in [0.29, 0.717) is 0 Å². The molecule has 56 valence electrons. The summed E-state index contributed by atoms with van der Waals surface area (Å²) in [6.45, 7) is 3.27. The monoisotopic (exact) mass is 158 g/mol. The van der Waals surface area contributed by atoms with Gasteiger partial charge in [-0.1, -0.05) is 0 Å². The van der Waals surface area contributed by atoms with E-state index < -0.39 is 0 Å². The summed E-state index contributed by atoms with van der Waals surface area (Å²) in [4.78, 5) is 6.69. The van der Waals surface area contributed by atoms with E-state index in [4.69, 9.17) is 11.6 Å². The molecule has 0 spiro atoms. The van der Waals surface area contributed by atoms with Crippen LogP contribution in [0.4, 0.5) is 0 Å². The van der Waals surface area contributed by atoms with E-state index >= 15 is 0 Å². The highest BCUT2D eigenvalue weighted by molar-refractivity contribution is 6.32. The van der Waals surface area contributed by atoms with Gasteiger partial charge >= 0.3 is 0 Å². The average Bonchev–Trinajstić information content (AvgIpc) is 2.34. The topological polar surface area (TPSA) is 15.6 Å². The van der Waals surface area contributed by atoms with Gasteiger partial charge in [0.2, 0.25) is 0 Å². The van der Waals surface area contributed by atoms with Crippen LogP contribution >= 0.6 is 11.6 Å². The molecule has 2 heterocycles. The minimum atomic E-state index is 0.209. The second-order valence-corrected chi connectivity index (χ2v) is 3.36. The molecule has 1 unspecified atom stereocenters. The van der Waals surface area contributed by atoms with Crippen LogP contribution in [0.15, 0.2) is 4.99 Å². The van der Waals surface area contributed by atoms with Crippen molar-refractivity contribution < 1.29 is 0 Å². The van der Waals surface area contributed by atoms with Gasteiger partial charge in [-0.05, 0) is 12.8 Å². The van der Waals surface area contributed by atoms with Gasteiger partial charge in [0.25, 0.3) is 0 Å². The number of hydrogen-bond acceptors (Lipinski definition) is 2. The third kappa shape index (κ3) is 0.908. The fourth-order valence-corrected chi connectivity index (χ4v) is 1.90. The summed E-state index contributed by atoms with van der Waals surface area (Å²) in [5.41, 5.74) is 0. The molecule has 0 bridgehead atoms. The number of hydrogen-bond donors (Lipinski definition) is 0. The summed E-state index contributed by atoms with van der Waals surface area (Å²) >= 11 is 6.01. The van der Waals surface area contributed by atoms with Gasteiger partial charge in [0, 0.05) is 19.6 Å². The van der Waals surface area contributed by atoms with Crippen LogP contribution in [0.25, 0.3) is 0 Å². The van der Waals surface area contributed by atoms with Crippen LogP contribution in [0.1, 0.15) is 12.8 Å². The van der Waals surface area contributed by atoms with E-state index in [-0.39, 0.29) is 5.38 Å². The largest absolute Gasteiger partial charge is 0.359 e. The standard InChI is InChI=1S/C7H11ClN2/c8-6-2-5-10-4-1-3-9-7(6)10/h6H,1-5H2. The van der Waals surface area contributed by atoms with Gasteiger partial charge in [-0.2, -0.15) is 0 Å². The zero-order valence-corrected chi connectivity index (χ0v) is 6.64. The Bertz CT molecular complexity index is 167. The molecule has 2 nitrogen and oxygen atoms in total. The molecule has 1 atom stereocenters. The van der Waals surface area contributed by atoms with Gasteiger partial charge in [-0.25, -0.2) is 0 Å². The minimum absolute atomic E-state index is 0.209. The van der Waals surface area contributed by atoms with E-state index in [1.807, 2.05) is 0 Å². The highest BCUT2D eigenvalue weighted by atomic mass is 35.5. The molecule has 3 heteroatoms.